The minimum absolute atomic E-state index is 0.00369. The van der Waals surface area contributed by atoms with E-state index >= 15 is 0 Å². The predicted molar refractivity (Wildman–Crippen MR) is 114 cm³/mol. The van der Waals surface area contributed by atoms with Gasteiger partial charge in [-0.05, 0) is 48.4 Å². The molecule has 0 aromatic heterocycles. The molecule has 3 heteroatoms. The first-order chi connectivity index (χ1) is 12.7. The quantitative estimate of drug-likeness (QED) is 0.692. The number of benzene rings is 2. The zero-order valence-corrected chi connectivity index (χ0v) is 17.7. The lowest BCUT2D eigenvalue weighted by Crippen LogP contribution is -2.33. The molecule has 2 atom stereocenters. The molecule has 0 radical (unpaired) electrons. The van der Waals surface area contributed by atoms with E-state index in [2.05, 4.69) is 83.3 Å². The van der Waals surface area contributed by atoms with Crippen molar-refractivity contribution < 1.29 is 9.84 Å². The fourth-order valence-electron chi connectivity index (χ4n) is 3.07. The zero-order chi connectivity index (χ0) is 20.0. The van der Waals surface area contributed by atoms with E-state index in [9.17, 15) is 5.11 Å². The molecule has 0 bridgehead atoms. The second-order valence-electron chi connectivity index (χ2n) is 8.44. The fraction of sp³-hybridized carbons (Fsp3) is 0.500. The average Bonchev–Trinajstić information content (AvgIpc) is 2.64. The Morgan fingerprint density at radius 2 is 1.74 bits per heavy atom. The Labute approximate surface area is 164 Å². The van der Waals surface area contributed by atoms with Crippen LogP contribution in [0.1, 0.15) is 62.9 Å². The molecule has 0 aliphatic carbocycles. The second kappa shape index (κ2) is 9.38. The molecular formula is C24H35NO2. The van der Waals surface area contributed by atoms with Gasteiger partial charge >= 0.3 is 0 Å². The molecule has 0 heterocycles. The van der Waals surface area contributed by atoms with Crippen LogP contribution in [-0.4, -0.2) is 24.4 Å². The summed E-state index contributed by atoms with van der Waals surface area (Å²) in [6.45, 7) is 13.7. The van der Waals surface area contributed by atoms with Crippen molar-refractivity contribution in [3.05, 3.63) is 64.7 Å². The van der Waals surface area contributed by atoms with Crippen molar-refractivity contribution in [2.24, 2.45) is 0 Å². The van der Waals surface area contributed by atoms with Crippen LogP contribution in [0.3, 0.4) is 0 Å². The highest BCUT2D eigenvalue weighted by atomic mass is 16.5. The first kappa shape index (κ1) is 21.5. The maximum Gasteiger partial charge on any atom is 0.123 e. The Morgan fingerprint density at radius 1 is 1.07 bits per heavy atom. The van der Waals surface area contributed by atoms with Crippen LogP contribution in [0.25, 0.3) is 0 Å². The summed E-state index contributed by atoms with van der Waals surface area (Å²) in [7, 11) is 0. The Balaban J connectivity index is 1.88. The molecule has 148 valence electrons. The van der Waals surface area contributed by atoms with Gasteiger partial charge in [0.1, 0.15) is 18.5 Å². The first-order valence-corrected chi connectivity index (χ1v) is 9.95. The molecule has 2 aromatic rings. The van der Waals surface area contributed by atoms with Crippen molar-refractivity contribution in [1.82, 2.24) is 5.32 Å². The maximum atomic E-state index is 10.3. The number of hydrogen-bond donors (Lipinski definition) is 2. The van der Waals surface area contributed by atoms with Crippen LogP contribution in [0.15, 0.2) is 42.5 Å². The van der Waals surface area contributed by atoms with Crippen LogP contribution in [0.4, 0.5) is 0 Å². The third kappa shape index (κ3) is 6.37. The molecule has 0 aliphatic heterocycles. The van der Waals surface area contributed by atoms with Crippen molar-refractivity contribution >= 4 is 0 Å². The number of aryl methyl sites for hydroxylation is 2. The van der Waals surface area contributed by atoms with Crippen LogP contribution in [0.2, 0.25) is 0 Å². The van der Waals surface area contributed by atoms with Gasteiger partial charge in [-0.15, -0.1) is 0 Å². The second-order valence-corrected chi connectivity index (χ2v) is 8.44. The Morgan fingerprint density at radius 3 is 2.33 bits per heavy atom. The van der Waals surface area contributed by atoms with E-state index in [1.54, 1.807) is 0 Å². The molecule has 0 aliphatic rings. The monoisotopic (exact) mass is 369 g/mol. The van der Waals surface area contributed by atoms with E-state index in [0.29, 0.717) is 6.54 Å². The minimum Gasteiger partial charge on any atom is -0.491 e. The van der Waals surface area contributed by atoms with E-state index in [1.807, 2.05) is 6.07 Å². The van der Waals surface area contributed by atoms with Crippen LogP contribution in [0, 0.1) is 6.92 Å². The number of aliphatic hydroxyl groups is 1. The van der Waals surface area contributed by atoms with Gasteiger partial charge in [-0.1, -0.05) is 69.7 Å². The molecule has 2 aromatic carbocycles. The van der Waals surface area contributed by atoms with Crippen molar-refractivity contribution in [1.29, 1.82) is 0 Å². The number of aliphatic hydroxyl groups excluding tert-OH is 1. The van der Waals surface area contributed by atoms with E-state index in [4.69, 9.17) is 4.74 Å². The molecule has 0 spiro atoms. The summed E-state index contributed by atoms with van der Waals surface area (Å²) in [6, 6.07) is 15.1. The standard InChI is InChI=1S/C24H35NO2/c1-7-19-9-11-20(12-10-19)18(3)25-15-21(26)16-27-23-13-8-17(2)14-22(23)24(4,5)6/h8-14,18,21,25-26H,7,15-16H2,1-6H3. The van der Waals surface area contributed by atoms with Crippen LogP contribution < -0.4 is 10.1 Å². The normalized spacial score (nSPS) is 14.0. The van der Waals surface area contributed by atoms with Gasteiger partial charge in [0.05, 0.1) is 0 Å². The van der Waals surface area contributed by atoms with E-state index in [0.717, 1.165) is 12.2 Å². The highest BCUT2D eigenvalue weighted by molar-refractivity contribution is 5.41. The molecule has 3 nitrogen and oxygen atoms in total. The van der Waals surface area contributed by atoms with Crippen LogP contribution >= 0.6 is 0 Å². The van der Waals surface area contributed by atoms with Gasteiger partial charge in [-0.3, -0.25) is 0 Å². The smallest absolute Gasteiger partial charge is 0.123 e. The Hall–Kier alpha value is -1.84. The molecule has 2 unspecified atom stereocenters. The van der Waals surface area contributed by atoms with Crippen molar-refractivity contribution in [3.63, 3.8) is 0 Å². The first-order valence-electron chi connectivity index (χ1n) is 9.95. The van der Waals surface area contributed by atoms with Gasteiger partial charge in [-0.25, -0.2) is 0 Å². The molecule has 2 rings (SSSR count). The van der Waals surface area contributed by atoms with Gasteiger partial charge in [-0.2, -0.15) is 0 Å². The van der Waals surface area contributed by atoms with Crippen molar-refractivity contribution in [3.8, 4) is 5.75 Å². The van der Waals surface area contributed by atoms with Crippen molar-refractivity contribution in [2.75, 3.05) is 13.2 Å². The van der Waals surface area contributed by atoms with Gasteiger partial charge < -0.3 is 15.2 Å². The summed E-state index contributed by atoms with van der Waals surface area (Å²) < 4.78 is 5.96. The zero-order valence-electron chi connectivity index (χ0n) is 17.7. The molecule has 0 fully saturated rings. The third-order valence-electron chi connectivity index (χ3n) is 4.92. The predicted octanol–water partition coefficient (Wildman–Crippen LogP) is 4.95. The summed E-state index contributed by atoms with van der Waals surface area (Å²) in [5.74, 6) is 0.857. The SMILES string of the molecule is CCc1ccc(C(C)NCC(O)COc2ccc(C)cc2C(C)(C)C)cc1. The summed E-state index contributed by atoms with van der Waals surface area (Å²) in [4.78, 5) is 0. The molecule has 0 saturated heterocycles. The van der Waals surface area contributed by atoms with Crippen LogP contribution in [0.5, 0.6) is 5.75 Å². The lowest BCUT2D eigenvalue weighted by atomic mass is 9.85. The van der Waals surface area contributed by atoms with Crippen molar-refractivity contribution in [2.45, 2.75) is 65.5 Å². The van der Waals surface area contributed by atoms with Gasteiger partial charge in [0.2, 0.25) is 0 Å². The van der Waals surface area contributed by atoms with E-state index in [1.165, 1.54) is 22.3 Å². The summed E-state index contributed by atoms with van der Waals surface area (Å²) in [5, 5.41) is 13.7. The fourth-order valence-corrected chi connectivity index (χ4v) is 3.07. The number of nitrogens with one attached hydrogen (secondary N) is 1. The molecule has 0 saturated carbocycles. The molecular weight excluding hydrogens is 334 g/mol. The third-order valence-corrected chi connectivity index (χ3v) is 4.92. The van der Waals surface area contributed by atoms with Gasteiger partial charge in [0.25, 0.3) is 0 Å². The number of ether oxygens (including phenoxy) is 1. The molecule has 27 heavy (non-hydrogen) atoms. The summed E-state index contributed by atoms with van der Waals surface area (Å²) in [5.41, 5.74) is 4.97. The van der Waals surface area contributed by atoms with Gasteiger partial charge in [0, 0.05) is 12.6 Å². The van der Waals surface area contributed by atoms with Crippen LogP contribution in [-0.2, 0) is 11.8 Å². The number of hydrogen-bond acceptors (Lipinski definition) is 3. The molecule has 0 amide bonds. The Kier molecular flexibility index (Phi) is 7.46. The average molecular weight is 370 g/mol. The van der Waals surface area contributed by atoms with E-state index in [-0.39, 0.29) is 18.1 Å². The lowest BCUT2D eigenvalue weighted by Gasteiger charge is -2.24. The summed E-state index contributed by atoms with van der Waals surface area (Å²) >= 11 is 0. The molecule has 2 N–H and O–H groups in total. The Bertz CT molecular complexity index is 716. The largest absolute Gasteiger partial charge is 0.491 e. The number of rotatable bonds is 8. The highest BCUT2D eigenvalue weighted by Crippen LogP contribution is 2.32. The maximum absolute atomic E-state index is 10.3. The highest BCUT2D eigenvalue weighted by Gasteiger charge is 2.20. The topological polar surface area (TPSA) is 41.5 Å². The van der Waals surface area contributed by atoms with E-state index < -0.39 is 6.10 Å². The lowest BCUT2D eigenvalue weighted by molar-refractivity contribution is 0.103. The minimum atomic E-state index is -0.559. The summed E-state index contributed by atoms with van der Waals surface area (Å²) in [6.07, 6.45) is 0.491. The van der Waals surface area contributed by atoms with Gasteiger partial charge in [0.15, 0.2) is 0 Å².